The summed E-state index contributed by atoms with van der Waals surface area (Å²) in [6.07, 6.45) is 0. The Labute approximate surface area is 316 Å². The van der Waals surface area contributed by atoms with Crippen LogP contribution in [0.2, 0.25) is 0 Å². The quantitative estimate of drug-likeness (QED) is 0.0792. The van der Waals surface area contributed by atoms with Crippen molar-refractivity contribution >= 4 is 65.6 Å². The molecule has 0 spiro atoms. The van der Waals surface area contributed by atoms with Crippen molar-refractivity contribution in [3.8, 4) is 54.9 Å². The van der Waals surface area contributed by atoms with Crippen molar-refractivity contribution in [2.45, 2.75) is 0 Å². The average Bonchev–Trinajstić information content (AvgIpc) is 3.78. The maximum Gasteiger partial charge on any atom is 0.120 e. The van der Waals surface area contributed by atoms with Gasteiger partial charge in [-0.25, -0.2) is 9.97 Å². The molecular formula is C38H36Br2N2O6S2. The first-order chi connectivity index (χ1) is 24.5. The highest BCUT2D eigenvalue weighted by Gasteiger charge is 2.21. The number of rotatable bonds is 18. The Morgan fingerprint density at radius 2 is 0.960 bits per heavy atom. The highest BCUT2D eigenvalue weighted by molar-refractivity contribution is 9.11. The molecule has 0 saturated heterocycles. The SMILES string of the molecule is COCCOCCOc1cccc(-c2nc3c(-c4ccc(Br)s4)ccc(-c4ccc(Br)s4)c3nc2-c2cccc(OCCOCCOC)c2)c1. The van der Waals surface area contributed by atoms with E-state index in [0.717, 1.165) is 73.5 Å². The highest BCUT2D eigenvalue weighted by Crippen LogP contribution is 2.43. The lowest BCUT2D eigenvalue weighted by Gasteiger charge is -2.16. The van der Waals surface area contributed by atoms with Crippen LogP contribution in [0.15, 0.2) is 92.5 Å². The normalized spacial score (nSPS) is 11.4. The summed E-state index contributed by atoms with van der Waals surface area (Å²) in [7, 11) is 3.31. The van der Waals surface area contributed by atoms with Gasteiger partial charge in [0.05, 0.1) is 69.6 Å². The second kappa shape index (κ2) is 18.3. The third kappa shape index (κ3) is 9.36. The van der Waals surface area contributed by atoms with Gasteiger partial charge in [0.2, 0.25) is 0 Å². The maximum absolute atomic E-state index is 6.09. The van der Waals surface area contributed by atoms with Gasteiger partial charge in [-0.15, -0.1) is 22.7 Å². The van der Waals surface area contributed by atoms with Crippen LogP contribution in [0.25, 0.3) is 54.4 Å². The van der Waals surface area contributed by atoms with E-state index in [1.165, 1.54) is 0 Å². The van der Waals surface area contributed by atoms with Crippen molar-refractivity contribution in [2.75, 3.05) is 67.1 Å². The van der Waals surface area contributed by atoms with Crippen molar-refractivity contribution < 1.29 is 28.4 Å². The van der Waals surface area contributed by atoms with Crippen molar-refractivity contribution in [3.05, 3.63) is 92.5 Å². The van der Waals surface area contributed by atoms with E-state index in [2.05, 4.69) is 68.3 Å². The van der Waals surface area contributed by atoms with Crippen molar-refractivity contribution in [2.24, 2.45) is 0 Å². The molecule has 12 heteroatoms. The smallest absolute Gasteiger partial charge is 0.120 e. The molecule has 0 aliphatic carbocycles. The Kier molecular flexibility index (Phi) is 13.4. The van der Waals surface area contributed by atoms with E-state index in [0.29, 0.717) is 52.9 Å². The molecule has 0 aliphatic heterocycles. The predicted molar refractivity (Wildman–Crippen MR) is 209 cm³/mol. The number of methoxy groups -OCH3 is 2. The molecule has 3 aromatic carbocycles. The fourth-order valence-electron chi connectivity index (χ4n) is 5.25. The molecule has 0 bridgehead atoms. The van der Waals surface area contributed by atoms with Crippen LogP contribution in [-0.2, 0) is 18.9 Å². The lowest BCUT2D eigenvalue weighted by atomic mass is 10.0. The first kappa shape index (κ1) is 36.6. The fraction of sp³-hybridized carbons (Fsp3) is 0.263. The van der Waals surface area contributed by atoms with Crippen LogP contribution < -0.4 is 9.47 Å². The summed E-state index contributed by atoms with van der Waals surface area (Å²) in [5, 5.41) is 0. The van der Waals surface area contributed by atoms with Gasteiger partial charge in [0, 0.05) is 46.2 Å². The molecule has 0 radical (unpaired) electrons. The van der Waals surface area contributed by atoms with Crippen LogP contribution in [-0.4, -0.2) is 77.0 Å². The molecule has 0 fully saturated rings. The minimum atomic E-state index is 0.412. The van der Waals surface area contributed by atoms with Crippen LogP contribution in [0.5, 0.6) is 11.5 Å². The van der Waals surface area contributed by atoms with Crippen molar-refractivity contribution in [1.82, 2.24) is 9.97 Å². The Morgan fingerprint density at radius 1 is 0.520 bits per heavy atom. The fourth-order valence-corrected chi connectivity index (χ4v) is 8.07. The van der Waals surface area contributed by atoms with Crippen LogP contribution in [0, 0.1) is 0 Å². The molecule has 50 heavy (non-hydrogen) atoms. The second-order valence-electron chi connectivity index (χ2n) is 10.9. The summed E-state index contributed by atoms with van der Waals surface area (Å²) < 4.78 is 35.6. The van der Waals surface area contributed by atoms with Gasteiger partial charge in [0.25, 0.3) is 0 Å². The minimum Gasteiger partial charge on any atom is -0.491 e. The van der Waals surface area contributed by atoms with Gasteiger partial charge < -0.3 is 28.4 Å². The van der Waals surface area contributed by atoms with Gasteiger partial charge in [-0.05, 0) is 80.4 Å². The second-order valence-corrected chi connectivity index (χ2v) is 15.9. The number of thiophene rings is 2. The molecule has 3 heterocycles. The van der Waals surface area contributed by atoms with Crippen LogP contribution in [0.3, 0.4) is 0 Å². The average molecular weight is 841 g/mol. The van der Waals surface area contributed by atoms with E-state index in [-0.39, 0.29) is 0 Å². The number of halogens is 2. The Hall–Kier alpha value is -3.20. The molecule has 6 aromatic rings. The first-order valence-electron chi connectivity index (χ1n) is 16.0. The third-order valence-corrected chi connectivity index (χ3v) is 10.9. The van der Waals surface area contributed by atoms with E-state index < -0.39 is 0 Å². The van der Waals surface area contributed by atoms with E-state index >= 15 is 0 Å². The van der Waals surface area contributed by atoms with Crippen LogP contribution >= 0.6 is 54.5 Å². The monoisotopic (exact) mass is 838 g/mol. The van der Waals surface area contributed by atoms with Crippen LogP contribution in [0.4, 0.5) is 0 Å². The maximum atomic E-state index is 6.09. The molecule has 6 rings (SSSR count). The summed E-state index contributed by atoms with van der Waals surface area (Å²) in [6, 6.07) is 28.6. The highest BCUT2D eigenvalue weighted by atomic mass is 79.9. The number of nitrogens with zero attached hydrogens (tertiary/aromatic N) is 2. The van der Waals surface area contributed by atoms with Gasteiger partial charge in [-0.3, -0.25) is 0 Å². The number of benzene rings is 3. The Morgan fingerprint density at radius 3 is 1.36 bits per heavy atom. The number of hydrogen-bond acceptors (Lipinski definition) is 10. The summed E-state index contributed by atoms with van der Waals surface area (Å²) in [5.41, 5.74) is 6.90. The molecule has 0 N–H and O–H groups in total. The molecule has 3 aromatic heterocycles. The topological polar surface area (TPSA) is 81.2 Å². The number of ether oxygens (including phenoxy) is 6. The summed E-state index contributed by atoms with van der Waals surface area (Å²) in [4.78, 5) is 13.1. The summed E-state index contributed by atoms with van der Waals surface area (Å²) >= 11 is 10.6. The first-order valence-corrected chi connectivity index (χ1v) is 19.2. The lowest BCUT2D eigenvalue weighted by Crippen LogP contribution is -2.10. The Bertz CT molecular complexity index is 1870. The van der Waals surface area contributed by atoms with Gasteiger partial charge in [-0.1, -0.05) is 36.4 Å². The van der Waals surface area contributed by atoms with E-state index in [1.807, 2.05) is 48.5 Å². The van der Waals surface area contributed by atoms with Crippen LogP contribution in [0.1, 0.15) is 0 Å². The standard InChI is InChI=1S/C38H36Br2N2O6S2/c1-43-15-17-45-19-21-47-27-7-3-5-25(23-27)35-36(26-6-4-8-28(24-26)48-22-20-46-18-16-44-2)42-38-30(32-12-14-34(40)50-32)10-9-29(37(38)41-35)31-11-13-33(39)49-31/h3-14,23-24H,15-22H2,1-2H3. The summed E-state index contributed by atoms with van der Waals surface area (Å²) in [6.45, 7) is 3.87. The van der Waals surface area contributed by atoms with Crippen molar-refractivity contribution in [3.63, 3.8) is 0 Å². The number of fused-ring (bicyclic) bond motifs is 1. The largest absolute Gasteiger partial charge is 0.491 e. The van der Waals surface area contributed by atoms with Gasteiger partial charge in [0.1, 0.15) is 24.7 Å². The van der Waals surface area contributed by atoms with Gasteiger partial charge >= 0.3 is 0 Å². The zero-order chi connectivity index (χ0) is 34.7. The lowest BCUT2D eigenvalue weighted by molar-refractivity contribution is 0.0544. The Balaban J connectivity index is 1.45. The zero-order valence-corrected chi connectivity index (χ0v) is 32.5. The minimum absolute atomic E-state index is 0.412. The van der Waals surface area contributed by atoms with E-state index in [4.69, 9.17) is 38.4 Å². The molecule has 0 amide bonds. The molecule has 0 atom stereocenters. The molecule has 0 saturated carbocycles. The van der Waals surface area contributed by atoms with Gasteiger partial charge in [0.15, 0.2) is 0 Å². The van der Waals surface area contributed by atoms with E-state index in [1.54, 1.807) is 36.9 Å². The zero-order valence-electron chi connectivity index (χ0n) is 27.7. The number of aromatic nitrogens is 2. The third-order valence-electron chi connectivity index (χ3n) is 7.57. The molecule has 260 valence electrons. The van der Waals surface area contributed by atoms with E-state index in [9.17, 15) is 0 Å². The molecule has 0 unspecified atom stereocenters. The molecule has 8 nitrogen and oxygen atoms in total. The molecule has 0 aliphatic rings. The van der Waals surface area contributed by atoms with Gasteiger partial charge in [-0.2, -0.15) is 0 Å². The molecular weight excluding hydrogens is 804 g/mol. The summed E-state index contributed by atoms with van der Waals surface area (Å²) in [5.74, 6) is 1.44. The number of hydrogen-bond donors (Lipinski definition) is 0. The van der Waals surface area contributed by atoms with Crippen molar-refractivity contribution in [1.29, 1.82) is 0 Å². The predicted octanol–water partition coefficient (Wildman–Crippen LogP) is 10.0.